The van der Waals surface area contributed by atoms with Crippen LogP contribution in [0, 0.1) is 5.41 Å². The van der Waals surface area contributed by atoms with Crippen molar-refractivity contribution in [3.63, 3.8) is 0 Å². The van der Waals surface area contributed by atoms with Crippen LogP contribution in [0.3, 0.4) is 0 Å². The Morgan fingerprint density at radius 1 is 1.30 bits per heavy atom. The highest BCUT2D eigenvalue weighted by atomic mass is 16.1. The number of hydrogen-bond donors (Lipinski definition) is 3. The molecule has 106 valence electrons. The molecule has 0 saturated heterocycles. The number of para-hydroxylation sites is 1. The van der Waals surface area contributed by atoms with Crippen LogP contribution in [0.5, 0.6) is 0 Å². The highest BCUT2D eigenvalue weighted by molar-refractivity contribution is 5.92. The number of nitrogens with two attached hydrogens (primary N) is 1. The van der Waals surface area contributed by atoms with Crippen LogP contribution >= 0.6 is 0 Å². The number of benzene rings is 1. The van der Waals surface area contributed by atoms with Crippen molar-refractivity contribution < 1.29 is 4.79 Å². The third-order valence-corrected chi connectivity index (χ3v) is 4.45. The highest BCUT2D eigenvalue weighted by Gasteiger charge is 2.52. The van der Waals surface area contributed by atoms with Crippen LogP contribution in [0.1, 0.15) is 32.0 Å². The van der Waals surface area contributed by atoms with Crippen LogP contribution in [0.25, 0.3) is 10.9 Å². The standard InChI is InChI=1S/C16H21N3O/c1-15(2,3)16(14(17)20)13-11(8-9-18-16)10-6-4-5-7-12(10)19-13/h4-7,18-19H,8-9H2,1-3H3,(H2,17,20). The van der Waals surface area contributed by atoms with E-state index in [-0.39, 0.29) is 11.3 Å². The molecule has 4 nitrogen and oxygen atoms in total. The highest BCUT2D eigenvalue weighted by Crippen LogP contribution is 2.44. The molecule has 4 heteroatoms. The van der Waals surface area contributed by atoms with Gasteiger partial charge in [-0.25, -0.2) is 0 Å². The van der Waals surface area contributed by atoms with Gasteiger partial charge >= 0.3 is 0 Å². The van der Waals surface area contributed by atoms with Crippen LogP contribution in [0.15, 0.2) is 24.3 Å². The Morgan fingerprint density at radius 3 is 2.65 bits per heavy atom. The largest absolute Gasteiger partial charge is 0.368 e. The minimum absolute atomic E-state index is 0.311. The van der Waals surface area contributed by atoms with E-state index in [1.807, 2.05) is 39.0 Å². The summed E-state index contributed by atoms with van der Waals surface area (Å²) < 4.78 is 0. The molecular formula is C16H21N3O. The fourth-order valence-corrected chi connectivity index (χ4v) is 3.46. The van der Waals surface area contributed by atoms with Gasteiger partial charge < -0.3 is 10.7 Å². The van der Waals surface area contributed by atoms with E-state index in [0.29, 0.717) is 0 Å². The van der Waals surface area contributed by atoms with Crippen LogP contribution in [0.2, 0.25) is 0 Å². The summed E-state index contributed by atoms with van der Waals surface area (Å²) >= 11 is 0. The molecule has 1 aliphatic heterocycles. The molecule has 1 atom stereocenters. The third-order valence-electron chi connectivity index (χ3n) is 4.45. The maximum atomic E-state index is 12.3. The Balaban J connectivity index is 2.36. The smallest absolute Gasteiger partial charge is 0.244 e. The van der Waals surface area contributed by atoms with E-state index in [9.17, 15) is 4.79 Å². The van der Waals surface area contributed by atoms with Crippen molar-refractivity contribution in [1.82, 2.24) is 10.3 Å². The lowest BCUT2D eigenvalue weighted by atomic mass is 9.68. The van der Waals surface area contributed by atoms with Crippen molar-refractivity contribution in [3.05, 3.63) is 35.5 Å². The molecule has 1 aromatic carbocycles. The monoisotopic (exact) mass is 271 g/mol. The Hall–Kier alpha value is -1.81. The van der Waals surface area contributed by atoms with Gasteiger partial charge in [0, 0.05) is 23.1 Å². The minimum atomic E-state index is -0.848. The summed E-state index contributed by atoms with van der Waals surface area (Å²) in [5, 5.41) is 4.58. The maximum Gasteiger partial charge on any atom is 0.244 e. The van der Waals surface area contributed by atoms with Gasteiger partial charge in [-0.1, -0.05) is 39.0 Å². The predicted molar refractivity (Wildman–Crippen MR) is 80.3 cm³/mol. The van der Waals surface area contributed by atoms with Gasteiger partial charge in [0.1, 0.15) is 5.54 Å². The summed E-state index contributed by atoms with van der Waals surface area (Å²) in [4.78, 5) is 15.7. The molecular weight excluding hydrogens is 250 g/mol. The minimum Gasteiger partial charge on any atom is -0.368 e. The van der Waals surface area contributed by atoms with E-state index in [2.05, 4.69) is 16.4 Å². The first-order valence-electron chi connectivity index (χ1n) is 7.03. The first-order valence-corrected chi connectivity index (χ1v) is 7.03. The average molecular weight is 271 g/mol. The second-order valence-electron chi connectivity index (χ2n) is 6.57. The molecule has 0 saturated carbocycles. The molecule has 2 heterocycles. The Kier molecular flexibility index (Phi) is 2.70. The van der Waals surface area contributed by atoms with Gasteiger partial charge in [-0.15, -0.1) is 0 Å². The number of primary amides is 1. The third kappa shape index (κ3) is 1.54. The first kappa shape index (κ1) is 13.2. The lowest BCUT2D eigenvalue weighted by Crippen LogP contribution is -2.63. The Morgan fingerprint density at radius 2 is 2.00 bits per heavy atom. The number of fused-ring (bicyclic) bond motifs is 3. The molecule has 1 amide bonds. The topological polar surface area (TPSA) is 70.9 Å². The number of carbonyl (C=O) groups is 1. The number of amides is 1. The van der Waals surface area contributed by atoms with Crippen molar-refractivity contribution in [2.24, 2.45) is 11.1 Å². The molecule has 1 aromatic heterocycles. The normalized spacial score (nSPS) is 22.8. The summed E-state index contributed by atoms with van der Waals surface area (Å²) in [5.41, 5.74) is 7.86. The maximum absolute atomic E-state index is 12.3. The molecule has 1 aliphatic rings. The van der Waals surface area contributed by atoms with E-state index < -0.39 is 5.54 Å². The number of hydrogen-bond acceptors (Lipinski definition) is 2. The predicted octanol–water partition coefficient (Wildman–Crippen LogP) is 2.04. The zero-order valence-electron chi connectivity index (χ0n) is 12.2. The van der Waals surface area contributed by atoms with Gasteiger partial charge in [-0.2, -0.15) is 0 Å². The summed E-state index contributed by atoms with van der Waals surface area (Å²) in [6, 6.07) is 8.18. The van der Waals surface area contributed by atoms with Crippen molar-refractivity contribution >= 4 is 16.8 Å². The van der Waals surface area contributed by atoms with Crippen LogP contribution in [-0.4, -0.2) is 17.4 Å². The van der Waals surface area contributed by atoms with Gasteiger partial charge in [-0.3, -0.25) is 10.1 Å². The number of aromatic amines is 1. The van der Waals surface area contributed by atoms with Crippen molar-refractivity contribution in [1.29, 1.82) is 0 Å². The van der Waals surface area contributed by atoms with Gasteiger partial charge in [0.25, 0.3) is 0 Å². The average Bonchev–Trinajstić information content (AvgIpc) is 2.75. The lowest BCUT2D eigenvalue weighted by molar-refractivity contribution is -0.130. The van der Waals surface area contributed by atoms with Gasteiger partial charge in [0.2, 0.25) is 5.91 Å². The molecule has 2 aromatic rings. The fourth-order valence-electron chi connectivity index (χ4n) is 3.46. The summed E-state index contributed by atoms with van der Waals surface area (Å²) in [7, 11) is 0. The lowest BCUT2D eigenvalue weighted by Gasteiger charge is -2.45. The number of rotatable bonds is 1. The van der Waals surface area contributed by atoms with E-state index in [4.69, 9.17) is 5.73 Å². The fraction of sp³-hybridized carbons (Fsp3) is 0.438. The number of nitrogens with one attached hydrogen (secondary N) is 2. The molecule has 3 rings (SSSR count). The summed E-state index contributed by atoms with van der Waals surface area (Å²) in [6.45, 7) is 6.90. The number of aromatic nitrogens is 1. The molecule has 0 spiro atoms. The SMILES string of the molecule is CC(C)(C)C1(C(N)=O)NCCc2c1[nH]c1ccccc21. The van der Waals surface area contributed by atoms with Gasteiger partial charge in [0.05, 0.1) is 0 Å². The van der Waals surface area contributed by atoms with E-state index in [1.165, 1.54) is 10.9 Å². The molecule has 4 N–H and O–H groups in total. The second kappa shape index (κ2) is 4.09. The zero-order chi connectivity index (χ0) is 14.5. The van der Waals surface area contributed by atoms with Gasteiger partial charge in [0.15, 0.2) is 0 Å². The van der Waals surface area contributed by atoms with Crippen LogP contribution < -0.4 is 11.1 Å². The molecule has 0 fully saturated rings. The molecule has 0 aliphatic carbocycles. The van der Waals surface area contributed by atoms with Crippen LogP contribution in [-0.2, 0) is 16.8 Å². The number of H-pyrrole nitrogens is 1. The van der Waals surface area contributed by atoms with E-state index >= 15 is 0 Å². The summed E-state index contributed by atoms with van der Waals surface area (Å²) in [6.07, 6.45) is 0.907. The Bertz CT molecular complexity index is 681. The first-order chi connectivity index (χ1) is 9.38. The van der Waals surface area contributed by atoms with Crippen LogP contribution in [0.4, 0.5) is 0 Å². The van der Waals surface area contributed by atoms with Crippen molar-refractivity contribution in [3.8, 4) is 0 Å². The molecule has 20 heavy (non-hydrogen) atoms. The van der Waals surface area contributed by atoms with Crippen molar-refractivity contribution in [2.75, 3.05) is 6.54 Å². The van der Waals surface area contributed by atoms with Gasteiger partial charge in [-0.05, 0) is 23.5 Å². The summed E-state index contributed by atoms with van der Waals surface area (Å²) in [5.74, 6) is -0.322. The number of carbonyl (C=O) groups excluding carboxylic acids is 1. The molecule has 1 unspecified atom stereocenters. The second-order valence-corrected chi connectivity index (χ2v) is 6.57. The van der Waals surface area contributed by atoms with Crippen molar-refractivity contribution in [2.45, 2.75) is 32.7 Å². The zero-order valence-corrected chi connectivity index (χ0v) is 12.2. The van der Waals surface area contributed by atoms with E-state index in [0.717, 1.165) is 24.2 Å². The molecule has 0 radical (unpaired) electrons. The quantitative estimate of drug-likeness (QED) is 0.742. The van der Waals surface area contributed by atoms with E-state index in [1.54, 1.807) is 0 Å². The molecule has 0 bridgehead atoms. The Labute approximate surface area is 118 Å².